The summed E-state index contributed by atoms with van der Waals surface area (Å²) >= 11 is 0. The Morgan fingerprint density at radius 3 is 3.06 bits per heavy atom. The van der Waals surface area contributed by atoms with Gasteiger partial charge in [-0.05, 0) is 25.6 Å². The monoisotopic (exact) mass is 216 g/mol. The highest BCUT2D eigenvalue weighted by Crippen LogP contribution is 2.20. The number of likely N-dealkylation sites (N-methyl/N-ethyl adjacent to an activating group) is 1. The van der Waals surface area contributed by atoms with Crippen LogP contribution in [0.2, 0.25) is 0 Å². The smallest absolute Gasteiger partial charge is 0.203 e. The summed E-state index contributed by atoms with van der Waals surface area (Å²) in [6.45, 7) is 2.11. The Hall–Kier alpha value is -1.55. The zero-order valence-electron chi connectivity index (χ0n) is 9.40. The number of hydrogen-bond donors (Lipinski definition) is 2. The van der Waals surface area contributed by atoms with Crippen LogP contribution in [-0.2, 0) is 0 Å². The fourth-order valence-electron chi connectivity index (χ4n) is 2.28. The second kappa shape index (κ2) is 3.79. The molecule has 2 heterocycles. The number of nitrogens with zero attached hydrogens (tertiary/aromatic N) is 2. The van der Waals surface area contributed by atoms with Crippen LogP contribution < -0.4 is 10.2 Å². The quantitative estimate of drug-likeness (QED) is 0.796. The summed E-state index contributed by atoms with van der Waals surface area (Å²) in [4.78, 5) is 10.3. The van der Waals surface area contributed by atoms with Gasteiger partial charge in [0.2, 0.25) is 5.95 Å². The first-order valence-corrected chi connectivity index (χ1v) is 5.74. The fourth-order valence-corrected chi connectivity index (χ4v) is 2.28. The molecule has 0 aliphatic carbocycles. The number of nitrogens with one attached hydrogen (secondary N) is 2. The maximum Gasteiger partial charge on any atom is 0.203 e. The highest BCUT2D eigenvalue weighted by atomic mass is 15.3. The largest absolute Gasteiger partial charge is 0.341 e. The van der Waals surface area contributed by atoms with Crippen molar-refractivity contribution >= 4 is 17.0 Å². The molecule has 4 nitrogen and oxygen atoms in total. The van der Waals surface area contributed by atoms with E-state index in [2.05, 4.69) is 26.3 Å². The van der Waals surface area contributed by atoms with Gasteiger partial charge in [0.15, 0.2) is 0 Å². The number of aromatic nitrogens is 2. The van der Waals surface area contributed by atoms with Crippen molar-refractivity contribution in [3.63, 3.8) is 0 Å². The fraction of sp³-hybridized carbons (Fsp3) is 0.417. The first kappa shape index (κ1) is 9.66. The first-order valence-electron chi connectivity index (χ1n) is 5.74. The third kappa shape index (κ3) is 1.55. The molecule has 1 unspecified atom stereocenters. The Bertz CT molecular complexity index is 457. The lowest BCUT2D eigenvalue weighted by atomic mass is 10.3. The van der Waals surface area contributed by atoms with Crippen molar-refractivity contribution in [3.05, 3.63) is 24.3 Å². The number of para-hydroxylation sites is 2. The van der Waals surface area contributed by atoms with E-state index in [1.165, 1.54) is 6.42 Å². The van der Waals surface area contributed by atoms with Crippen LogP contribution in [-0.4, -0.2) is 36.1 Å². The summed E-state index contributed by atoms with van der Waals surface area (Å²) in [5.74, 6) is 0.999. The van der Waals surface area contributed by atoms with Crippen LogP contribution in [0.5, 0.6) is 0 Å². The van der Waals surface area contributed by atoms with E-state index < -0.39 is 0 Å². The molecule has 1 aromatic heterocycles. The van der Waals surface area contributed by atoms with Crippen LogP contribution in [0.4, 0.5) is 5.95 Å². The van der Waals surface area contributed by atoms with Crippen molar-refractivity contribution in [1.29, 1.82) is 0 Å². The lowest BCUT2D eigenvalue weighted by Gasteiger charge is -2.14. The Morgan fingerprint density at radius 2 is 2.31 bits per heavy atom. The SMILES string of the molecule is CNC1CCN(c2nc3ccccc3[nH]2)C1. The first-order chi connectivity index (χ1) is 7.86. The van der Waals surface area contributed by atoms with Gasteiger partial charge < -0.3 is 15.2 Å². The number of fused-ring (bicyclic) bond motifs is 1. The van der Waals surface area contributed by atoms with Gasteiger partial charge in [-0.2, -0.15) is 0 Å². The third-order valence-corrected chi connectivity index (χ3v) is 3.27. The van der Waals surface area contributed by atoms with Gasteiger partial charge >= 0.3 is 0 Å². The molecule has 16 heavy (non-hydrogen) atoms. The predicted octanol–water partition coefficient (Wildman–Crippen LogP) is 1.36. The van der Waals surface area contributed by atoms with Gasteiger partial charge in [-0.3, -0.25) is 0 Å². The summed E-state index contributed by atoms with van der Waals surface area (Å²) in [6.07, 6.45) is 1.19. The normalized spacial score (nSPS) is 20.8. The molecule has 2 aromatic rings. The second-order valence-electron chi connectivity index (χ2n) is 4.30. The summed E-state index contributed by atoms with van der Waals surface area (Å²) in [5, 5.41) is 3.31. The zero-order valence-corrected chi connectivity index (χ0v) is 9.40. The van der Waals surface area contributed by atoms with E-state index in [0.29, 0.717) is 6.04 Å². The second-order valence-corrected chi connectivity index (χ2v) is 4.30. The molecule has 0 amide bonds. The number of benzene rings is 1. The van der Waals surface area contributed by atoms with Crippen LogP contribution in [0.1, 0.15) is 6.42 Å². The van der Waals surface area contributed by atoms with Gasteiger partial charge in [0.1, 0.15) is 0 Å². The van der Waals surface area contributed by atoms with Crippen molar-refractivity contribution in [2.45, 2.75) is 12.5 Å². The molecule has 1 fully saturated rings. The van der Waals surface area contributed by atoms with Crippen LogP contribution in [0.3, 0.4) is 0 Å². The Morgan fingerprint density at radius 1 is 1.44 bits per heavy atom. The molecular weight excluding hydrogens is 200 g/mol. The molecule has 0 radical (unpaired) electrons. The van der Waals surface area contributed by atoms with Crippen molar-refractivity contribution in [1.82, 2.24) is 15.3 Å². The molecule has 0 saturated carbocycles. The van der Waals surface area contributed by atoms with Crippen LogP contribution in [0.25, 0.3) is 11.0 Å². The number of H-pyrrole nitrogens is 1. The van der Waals surface area contributed by atoms with Gasteiger partial charge in [-0.25, -0.2) is 4.98 Å². The highest BCUT2D eigenvalue weighted by Gasteiger charge is 2.23. The molecule has 1 saturated heterocycles. The zero-order chi connectivity index (χ0) is 11.0. The molecule has 0 bridgehead atoms. The van der Waals surface area contributed by atoms with Gasteiger partial charge in [0.05, 0.1) is 11.0 Å². The maximum absolute atomic E-state index is 4.61. The molecule has 1 aliphatic rings. The number of anilines is 1. The van der Waals surface area contributed by atoms with Gasteiger partial charge in [-0.1, -0.05) is 12.1 Å². The van der Waals surface area contributed by atoms with Crippen LogP contribution >= 0.6 is 0 Å². The van der Waals surface area contributed by atoms with Crippen molar-refractivity contribution in [2.75, 3.05) is 25.0 Å². The molecule has 4 heteroatoms. The molecule has 1 aliphatic heterocycles. The number of rotatable bonds is 2. The highest BCUT2D eigenvalue weighted by molar-refractivity contribution is 5.77. The van der Waals surface area contributed by atoms with E-state index in [4.69, 9.17) is 0 Å². The number of imidazole rings is 1. The average molecular weight is 216 g/mol. The lowest BCUT2D eigenvalue weighted by Crippen LogP contribution is -2.29. The van der Waals surface area contributed by atoms with E-state index in [0.717, 1.165) is 30.1 Å². The molecule has 1 aromatic carbocycles. The Kier molecular flexibility index (Phi) is 2.29. The topological polar surface area (TPSA) is 44.0 Å². The summed E-state index contributed by atoms with van der Waals surface area (Å²) in [5.41, 5.74) is 2.16. The number of aromatic amines is 1. The predicted molar refractivity (Wildman–Crippen MR) is 65.8 cm³/mol. The van der Waals surface area contributed by atoms with E-state index in [9.17, 15) is 0 Å². The van der Waals surface area contributed by atoms with E-state index in [1.807, 2.05) is 25.2 Å². The van der Waals surface area contributed by atoms with Crippen molar-refractivity contribution < 1.29 is 0 Å². The maximum atomic E-state index is 4.61. The summed E-state index contributed by atoms with van der Waals surface area (Å²) < 4.78 is 0. The third-order valence-electron chi connectivity index (χ3n) is 3.27. The van der Waals surface area contributed by atoms with Gasteiger partial charge in [0, 0.05) is 19.1 Å². The van der Waals surface area contributed by atoms with Gasteiger partial charge in [0.25, 0.3) is 0 Å². The standard InChI is InChI=1S/C12H16N4/c1-13-9-6-7-16(8-9)12-14-10-4-2-3-5-11(10)15-12/h2-5,9,13H,6-8H2,1H3,(H,14,15). The number of hydrogen-bond acceptors (Lipinski definition) is 3. The van der Waals surface area contributed by atoms with Crippen LogP contribution in [0, 0.1) is 0 Å². The molecule has 84 valence electrons. The lowest BCUT2D eigenvalue weighted by molar-refractivity contribution is 0.616. The van der Waals surface area contributed by atoms with E-state index in [-0.39, 0.29) is 0 Å². The summed E-state index contributed by atoms with van der Waals surface area (Å²) in [6, 6.07) is 8.75. The average Bonchev–Trinajstić information content (AvgIpc) is 2.95. The summed E-state index contributed by atoms with van der Waals surface area (Å²) in [7, 11) is 2.02. The van der Waals surface area contributed by atoms with Gasteiger partial charge in [-0.15, -0.1) is 0 Å². The molecule has 3 rings (SSSR count). The Labute approximate surface area is 94.7 Å². The van der Waals surface area contributed by atoms with Crippen molar-refractivity contribution in [2.24, 2.45) is 0 Å². The minimum atomic E-state index is 0.591. The molecule has 0 spiro atoms. The minimum absolute atomic E-state index is 0.591. The molecular formula is C12H16N4. The molecule has 2 N–H and O–H groups in total. The van der Waals surface area contributed by atoms with Crippen LogP contribution in [0.15, 0.2) is 24.3 Å². The van der Waals surface area contributed by atoms with Crippen molar-refractivity contribution in [3.8, 4) is 0 Å². The Balaban J connectivity index is 1.89. The minimum Gasteiger partial charge on any atom is -0.341 e. The molecule has 1 atom stereocenters. The van der Waals surface area contributed by atoms with E-state index in [1.54, 1.807) is 0 Å². The van der Waals surface area contributed by atoms with E-state index >= 15 is 0 Å².